The van der Waals surface area contributed by atoms with E-state index in [1.807, 2.05) is 24.3 Å². The van der Waals surface area contributed by atoms with Crippen molar-refractivity contribution in [1.82, 2.24) is 0 Å². The summed E-state index contributed by atoms with van der Waals surface area (Å²) in [6.45, 7) is 2.33. The minimum atomic E-state index is 0.146. The Kier molecular flexibility index (Phi) is 4.11. The van der Waals surface area contributed by atoms with E-state index in [2.05, 4.69) is 39.8 Å². The van der Waals surface area contributed by atoms with Crippen molar-refractivity contribution in [3.05, 3.63) is 48.5 Å². The summed E-state index contributed by atoms with van der Waals surface area (Å²) >= 11 is 0. The van der Waals surface area contributed by atoms with Crippen LogP contribution in [-0.4, -0.2) is 19.0 Å². The lowest BCUT2D eigenvalue weighted by molar-refractivity contribution is -0.117. The summed E-state index contributed by atoms with van der Waals surface area (Å²) in [5, 5.41) is 6.37. The van der Waals surface area contributed by atoms with E-state index < -0.39 is 0 Å². The van der Waals surface area contributed by atoms with Gasteiger partial charge in [-0.1, -0.05) is 0 Å². The van der Waals surface area contributed by atoms with E-state index in [1.165, 1.54) is 31.6 Å². The molecule has 2 aliphatic rings. The highest BCUT2D eigenvalue weighted by atomic mass is 16.2. The molecule has 4 nitrogen and oxygen atoms in total. The molecule has 2 aromatic carbocycles. The second-order valence-corrected chi connectivity index (χ2v) is 6.71. The molecule has 1 amide bonds. The van der Waals surface area contributed by atoms with Gasteiger partial charge in [-0.05, 0) is 74.2 Å². The summed E-state index contributed by atoms with van der Waals surface area (Å²) in [6, 6.07) is 16.5. The first-order chi connectivity index (χ1) is 11.8. The van der Waals surface area contributed by atoms with Gasteiger partial charge >= 0.3 is 0 Å². The molecule has 1 saturated carbocycles. The molecule has 24 heavy (non-hydrogen) atoms. The van der Waals surface area contributed by atoms with Crippen molar-refractivity contribution in [3.8, 4) is 0 Å². The van der Waals surface area contributed by atoms with Crippen molar-refractivity contribution in [2.45, 2.75) is 25.7 Å². The predicted octanol–water partition coefficient (Wildman–Crippen LogP) is 4.38. The van der Waals surface area contributed by atoms with Crippen LogP contribution in [0.5, 0.6) is 0 Å². The number of hydrogen-bond donors (Lipinski definition) is 2. The van der Waals surface area contributed by atoms with Crippen molar-refractivity contribution in [3.63, 3.8) is 0 Å². The molecule has 0 aromatic heterocycles. The van der Waals surface area contributed by atoms with Crippen molar-refractivity contribution in [1.29, 1.82) is 0 Å². The normalized spacial score (nSPS) is 16.9. The SMILES string of the molecule is O=C(Nc1ccc(Nc2ccc(N3CCCC3)cc2)cc1)C1CC1. The Morgan fingerprint density at radius 3 is 1.96 bits per heavy atom. The fraction of sp³-hybridized carbons (Fsp3) is 0.350. The van der Waals surface area contributed by atoms with Gasteiger partial charge in [0, 0.05) is 41.8 Å². The number of hydrogen-bond acceptors (Lipinski definition) is 3. The van der Waals surface area contributed by atoms with E-state index in [-0.39, 0.29) is 11.8 Å². The van der Waals surface area contributed by atoms with E-state index in [0.717, 1.165) is 29.9 Å². The Morgan fingerprint density at radius 1 is 0.833 bits per heavy atom. The lowest BCUT2D eigenvalue weighted by Gasteiger charge is -2.18. The molecule has 0 bridgehead atoms. The molecule has 4 rings (SSSR count). The van der Waals surface area contributed by atoms with Gasteiger partial charge in [0.15, 0.2) is 0 Å². The number of carbonyl (C=O) groups excluding carboxylic acids is 1. The fourth-order valence-corrected chi connectivity index (χ4v) is 3.12. The van der Waals surface area contributed by atoms with Crippen LogP contribution in [0.15, 0.2) is 48.5 Å². The summed E-state index contributed by atoms with van der Waals surface area (Å²) in [5.41, 5.74) is 4.26. The Balaban J connectivity index is 1.36. The first-order valence-corrected chi connectivity index (χ1v) is 8.81. The third kappa shape index (κ3) is 3.53. The molecule has 124 valence electrons. The lowest BCUT2D eigenvalue weighted by atomic mass is 10.2. The third-order valence-corrected chi connectivity index (χ3v) is 4.73. The highest BCUT2D eigenvalue weighted by Crippen LogP contribution is 2.30. The Morgan fingerprint density at radius 2 is 1.38 bits per heavy atom. The van der Waals surface area contributed by atoms with E-state index in [4.69, 9.17) is 0 Å². The largest absolute Gasteiger partial charge is 0.372 e. The number of anilines is 4. The van der Waals surface area contributed by atoms with Crippen molar-refractivity contribution < 1.29 is 4.79 Å². The molecule has 1 heterocycles. The van der Waals surface area contributed by atoms with Gasteiger partial charge in [0.2, 0.25) is 5.91 Å². The number of rotatable bonds is 5. The number of nitrogens with one attached hydrogen (secondary N) is 2. The Bertz CT molecular complexity index is 699. The molecule has 1 saturated heterocycles. The zero-order valence-electron chi connectivity index (χ0n) is 13.8. The van der Waals surface area contributed by atoms with Crippen LogP contribution >= 0.6 is 0 Å². The topological polar surface area (TPSA) is 44.4 Å². The maximum Gasteiger partial charge on any atom is 0.227 e. The summed E-state index contributed by atoms with van der Waals surface area (Å²) in [7, 11) is 0. The number of carbonyl (C=O) groups is 1. The number of benzene rings is 2. The van der Waals surface area contributed by atoms with Gasteiger partial charge in [-0.2, -0.15) is 0 Å². The third-order valence-electron chi connectivity index (χ3n) is 4.73. The smallest absolute Gasteiger partial charge is 0.227 e. The molecule has 4 heteroatoms. The summed E-state index contributed by atoms with van der Waals surface area (Å²) < 4.78 is 0. The number of amides is 1. The van der Waals surface area contributed by atoms with Gasteiger partial charge < -0.3 is 15.5 Å². The highest BCUT2D eigenvalue weighted by molar-refractivity contribution is 5.94. The maximum atomic E-state index is 11.8. The minimum Gasteiger partial charge on any atom is -0.372 e. The minimum absolute atomic E-state index is 0.146. The second-order valence-electron chi connectivity index (χ2n) is 6.71. The summed E-state index contributed by atoms with van der Waals surface area (Å²) in [6.07, 6.45) is 4.64. The van der Waals surface area contributed by atoms with E-state index >= 15 is 0 Å². The second kappa shape index (κ2) is 6.56. The highest BCUT2D eigenvalue weighted by Gasteiger charge is 2.29. The standard InChI is InChI=1S/C20H23N3O/c24-20(15-3-4-15)22-18-7-5-16(6-8-18)21-17-9-11-19(12-10-17)23-13-1-2-14-23/h5-12,15,21H,1-4,13-14H2,(H,22,24). The van der Waals surface area contributed by atoms with Gasteiger partial charge in [-0.15, -0.1) is 0 Å². The molecule has 0 spiro atoms. The van der Waals surface area contributed by atoms with Crippen molar-refractivity contribution in [2.24, 2.45) is 5.92 Å². The Hall–Kier alpha value is -2.49. The first kappa shape index (κ1) is 15.1. The zero-order chi connectivity index (χ0) is 16.4. The van der Waals surface area contributed by atoms with Gasteiger partial charge in [-0.25, -0.2) is 0 Å². The maximum absolute atomic E-state index is 11.8. The monoisotopic (exact) mass is 321 g/mol. The molecule has 2 aromatic rings. The lowest BCUT2D eigenvalue weighted by Crippen LogP contribution is -2.17. The van der Waals surface area contributed by atoms with Gasteiger partial charge in [0.25, 0.3) is 0 Å². The summed E-state index contributed by atoms with van der Waals surface area (Å²) in [5.74, 6) is 0.380. The van der Waals surface area contributed by atoms with Gasteiger partial charge in [0.1, 0.15) is 0 Å². The van der Waals surface area contributed by atoms with Gasteiger partial charge in [0.05, 0.1) is 0 Å². The Labute approximate surface area is 142 Å². The molecule has 1 aliphatic carbocycles. The molecule has 0 radical (unpaired) electrons. The molecular formula is C20H23N3O. The fourth-order valence-electron chi connectivity index (χ4n) is 3.12. The van der Waals surface area contributed by atoms with Crippen LogP contribution in [0.25, 0.3) is 0 Å². The molecule has 0 atom stereocenters. The predicted molar refractivity (Wildman–Crippen MR) is 99.0 cm³/mol. The van der Waals surface area contributed by atoms with Gasteiger partial charge in [-0.3, -0.25) is 4.79 Å². The molecule has 2 fully saturated rings. The quantitative estimate of drug-likeness (QED) is 0.859. The van der Waals surface area contributed by atoms with Crippen LogP contribution < -0.4 is 15.5 Å². The first-order valence-electron chi connectivity index (χ1n) is 8.81. The zero-order valence-corrected chi connectivity index (χ0v) is 13.8. The van der Waals surface area contributed by atoms with Crippen molar-refractivity contribution in [2.75, 3.05) is 28.6 Å². The van der Waals surface area contributed by atoms with Crippen LogP contribution in [0, 0.1) is 5.92 Å². The van der Waals surface area contributed by atoms with Crippen LogP contribution in [-0.2, 0) is 4.79 Å². The van der Waals surface area contributed by atoms with Crippen LogP contribution in [0.3, 0.4) is 0 Å². The average Bonchev–Trinajstić information content (AvgIpc) is 3.32. The number of nitrogens with zero attached hydrogens (tertiary/aromatic N) is 1. The van der Waals surface area contributed by atoms with E-state index in [1.54, 1.807) is 0 Å². The molecule has 1 aliphatic heterocycles. The average molecular weight is 321 g/mol. The molecular weight excluding hydrogens is 298 g/mol. The molecule has 0 unspecified atom stereocenters. The van der Waals surface area contributed by atoms with Crippen LogP contribution in [0.2, 0.25) is 0 Å². The van der Waals surface area contributed by atoms with E-state index in [9.17, 15) is 4.79 Å². The summed E-state index contributed by atoms with van der Waals surface area (Å²) in [4.78, 5) is 14.2. The van der Waals surface area contributed by atoms with Crippen molar-refractivity contribution >= 4 is 28.7 Å². The van der Waals surface area contributed by atoms with Crippen LogP contribution in [0.1, 0.15) is 25.7 Å². The molecule has 2 N–H and O–H groups in total. The van der Waals surface area contributed by atoms with Crippen LogP contribution in [0.4, 0.5) is 22.7 Å². The van der Waals surface area contributed by atoms with E-state index in [0.29, 0.717) is 0 Å².